The molecule has 2 aromatic rings. The van der Waals surface area contributed by atoms with Gasteiger partial charge in [-0.1, -0.05) is 18.2 Å². The first-order chi connectivity index (χ1) is 12.4. The molecule has 0 saturated heterocycles. The van der Waals surface area contributed by atoms with Crippen molar-refractivity contribution in [2.75, 3.05) is 12.4 Å². The minimum absolute atomic E-state index is 0.0173. The molecule has 1 unspecified atom stereocenters. The molecule has 0 heterocycles. The third-order valence-corrected chi connectivity index (χ3v) is 3.71. The third kappa shape index (κ3) is 5.37. The minimum atomic E-state index is -0.760. The molecule has 2 aromatic carbocycles. The number of phenols is 1. The Labute approximate surface area is 152 Å². The van der Waals surface area contributed by atoms with Crippen LogP contribution in [-0.4, -0.2) is 30.1 Å². The van der Waals surface area contributed by atoms with Gasteiger partial charge in [0.2, 0.25) is 11.8 Å². The van der Waals surface area contributed by atoms with Gasteiger partial charge in [0.05, 0.1) is 12.8 Å². The van der Waals surface area contributed by atoms with Crippen LogP contribution in [-0.2, 0) is 9.59 Å². The van der Waals surface area contributed by atoms with Crippen molar-refractivity contribution in [3.63, 3.8) is 0 Å². The minimum Gasteiger partial charge on any atom is -0.506 e. The first-order valence-corrected chi connectivity index (χ1v) is 8.12. The molecule has 0 radical (unpaired) electrons. The number of methoxy groups -OCH3 is 1. The van der Waals surface area contributed by atoms with E-state index >= 15 is 0 Å². The number of hydrogen-bond acceptors (Lipinski definition) is 4. The van der Waals surface area contributed by atoms with E-state index in [-0.39, 0.29) is 5.75 Å². The van der Waals surface area contributed by atoms with Crippen LogP contribution in [0.25, 0.3) is 6.08 Å². The molecule has 2 amide bonds. The van der Waals surface area contributed by atoms with Crippen LogP contribution < -0.4 is 15.4 Å². The summed E-state index contributed by atoms with van der Waals surface area (Å²) in [6.07, 6.45) is 3.00. The second-order valence-corrected chi connectivity index (χ2v) is 5.85. The summed E-state index contributed by atoms with van der Waals surface area (Å²) in [5.41, 5.74) is 2.02. The lowest BCUT2D eigenvalue weighted by atomic mass is 10.2. The van der Waals surface area contributed by atoms with Gasteiger partial charge in [-0.15, -0.1) is 0 Å². The molecule has 0 fully saturated rings. The number of amides is 2. The Morgan fingerprint density at radius 3 is 2.46 bits per heavy atom. The maximum absolute atomic E-state index is 12.2. The van der Waals surface area contributed by atoms with Crippen molar-refractivity contribution in [2.45, 2.75) is 19.9 Å². The first kappa shape index (κ1) is 19.1. The highest BCUT2D eigenvalue weighted by molar-refractivity contribution is 6.00. The average Bonchev–Trinajstić information content (AvgIpc) is 2.62. The van der Waals surface area contributed by atoms with Crippen molar-refractivity contribution in [3.8, 4) is 11.5 Å². The van der Waals surface area contributed by atoms with Crippen LogP contribution in [0.15, 0.2) is 48.5 Å². The van der Waals surface area contributed by atoms with E-state index in [1.807, 2.05) is 19.1 Å². The molecule has 6 nitrogen and oxygen atoms in total. The number of nitrogens with one attached hydrogen (secondary N) is 2. The molecular weight excluding hydrogens is 332 g/mol. The predicted octanol–water partition coefficient (Wildman–Crippen LogP) is 2.87. The van der Waals surface area contributed by atoms with E-state index in [0.717, 1.165) is 16.9 Å². The molecule has 0 bridgehead atoms. The first-order valence-electron chi connectivity index (χ1n) is 8.12. The van der Waals surface area contributed by atoms with Crippen LogP contribution >= 0.6 is 0 Å². The van der Waals surface area contributed by atoms with Crippen molar-refractivity contribution in [3.05, 3.63) is 59.7 Å². The number of carbonyl (C=O) groups excluding carboxylic acids is 2. The molecule has 2 rings (SSSR count). The van der Waals surface area contributed by atoms with Gasteiger partial charge in [-0.3, -0.25) is 9.59 Å². The van der Waals surface area contributed by atoms with E-state index in [9.17, 15) is 14.7 Å². The quantitative estimate of drug-likeness (QED) is 0.550. The summed E-state index contributed by atoms with van der Waals surface area (Å²) in [7, 11) is 1.58. The zero-order valence-corrected chi connectivity index (χ0v) is 14.9. The third-order valence-electron chi connectivity index (χ3n) is 3.71. The molecule has 0 aliphatic rings. The van der Waals surface area contributed by atoms with E-state index in [1.54, 1.807) is 50.4 Å². The van der Waals surface area contributed by atoms with Gasteiger partial charge in [0.1, 0.15) is 17.5 Å². The number of anilines is 1. The number of aromatic hydroxyl groups is 1. The Morgan fingerprint density at radius 1 is 1.15 bits per heavy atom. The lowest BCUT2D eigenvalue weighted by molar-refractivity contribution is -0.123. The Kier molecular flexibility index (Phi) is 6.38. The van der Waals surface area contributed by atoms with Crippen molar-refractivity contribution in [1.29, 1.82) is 0 Å². The van der Waals surface area contributed by atoms with Crippen molar-refractivity contribution < 1.29 is 19.4 Å². The highest BCUT2D eigenvalue weighted by atomic mass is 16.5. The van der Waals surface area contributed by atoms with Gasteiger partial charge in [0.25, 0.3) is 0 Å². The van der Waals surface area contributed by atoms with Gasteiger partial charge >= 0.3 is 0 Å². The van der Waals surface area contributed by atoms with Gasteiger partial charge < -0.3 is 20.5 Å². The molecule has 0 aliphatic carbocycles. The second kappa shape index (κ2) is 8.71. The van der Waals surface area contributed by atoms with E-state index in [4.69, 9.17) is 4.74 Å². The van der Waals surface area contributed by atoms with Gasteiger partial charge in [-0.05, 0) is 55.3 Å². The average molecular weight is 354 g/mol. The zero-order valence-electron chi connectivity index (χ0n) is 14.9. The molecule has 3 N–H and O–H groups in total. The van der Waals surface area contributed by atoms with Crippen LogP contribution in [0.4, 0.5) is 5.69 Å². The Hall–Kier alpha value is -3.28. The number of aryl methyl sites for hydroxylation is 1. The molecule has 136 valence electrons. The Balaban J connectivity index is 1.90. The number of benzene rings is 2. The smallest absolute Gasteiger partial charge is 0.246 e. The van der Waals surface area contributed by atoms with Crippen LogP contribution in [0.1, 0.15) is 18.1 Å². The number of hydrogen-bond donors (Lipinski definition) is 3. The number of phenolic OH excluding ortho intramolecular Hbond substituents is 1. The lowest BCUT2D eigenvalue weighted by Gasteiger charge is -2.14. The maximum Gasteiger partial charge on any atom is 0.246 e. The van der Waals surface area contributed by atoms with Crippen LogP contribution in [0.2, 0.25) is 0 Å². The SMILES string of the molecule is COc1ccc(/C=C/C(=O)NC(C)C(=O)Nc2ccc(C)cc2O)cc1. The fourth-order valence-corrected chi connectivity index (χ4v) is 2.20. The highest BCUT2D eigenvalue weighted by Gasteiger charge is 2.15. The van der Waals surface area contributed by atoms with Gasteiger partial charge in [0.15, 0.2) is 0 Å². The second-order valence-electron chi connectivity index (χ2n) is 5.85. The summed E-state index contributed by atoms with van der Waals surface area (Å²) in [4.78, 5) is 24.1. The number of rotatable bonds is 6. The summed E-state index contributed by atoms with van der Waals surface area (Å²) < 4.78 is 5.07. The summed E-state index contributed by atoms with van der Waals surface area (Å²) in [5.74, 6) is -0.0977. The van der Waals surface area contributed by atoms with Crippen LogP contribution in [0.5, 0.6) is 11.5 Å². The summed E-state index contributed by atoms with van der Waals surface area (Å²) in [6, 6.07) is 11.4. The largest absolute Gasteiger partial charge is 0.506 e. The van der Waals surface area contributed by atoms with Gasteiger partial charge in [-0.25, -0.2) is 0 Å². The fourth-order valence-electron chi connectivity index (χ4n) is 2.20. The summed E-state index contributed by atoms with van der Waals surface area (Å²) >= 11 is 0. The number of carbonyl (C=O) groups is 2. The molecule has 0 spiro atoms. The molecule has 0 aliphatic heterocycles. The van der Waals surface area contributed by atoms with E-state index in [0.29, 0.717) is 5.69 Å². The van der Waals surface area contributed by atoms with Crippen molar-refractivity contribution >= 4 is 23.6 Å². The molecule has 26 heavy (non-hydrogen) atoms. The summed E-state index contributed by atoms with van der Waals surface area (Å²) in [5, 5.41) is 15.0. The predicted molar refractivity (Wildman–Crippen MR) is 101 cm³/mol. The maximum atomic E-state index is 12.2. The molecular formula is C20H22N2O4. The van der Waals surface area contributed by atoms with Crippen LogP contribution in [0.3, 0.4) is 0 Å². The van der Waals surface area contributed by atoms with Crippen molar-refractivity contribution in [1.82, 2.24) is 5.32 Å². The van der Waals surface area contributed by atoms with E-state index < -0.39 is 17.9 Å². The standard InChI is InChI=1S/C20H22N2O4/c1-13-4-10-17(18(23)12-13)22-20(25)14(2)21-19(24)11-7-15-5-8-16(26-3)9-6-15/h4-12,14,23H,1-3H3,(H,21,24)(H,22,25)/b11-7+. The Bertz CT molecular complexity index is 813. The van der Waals surface area contributed by atoms with Crippen LogP contribution in [0, 0.1) is 6.92 Å². The van der Waals surface area contributed by atoms with E-state index in [2.05, 4.69) is 10.6 Å². The topological polar surface area (TPSA) is 87.7 Å². The number of ether oxygens (including phenoxy) is 1. The molecule has 6 heteroatoms. The lowest BCUT2D eigenvalue weighted by Crippen LogP contribution is -2.40. The van der Waals surface area contributed by atoms with Gasteiger partial charge in [0, 0.05) is 6.08 Å². The monoisotopic (exact) mass is 354 g/mol. The molecule has 1 atom stereocenters. The molecule has 0 aromatic heterocycles. The summed E-state index contributed by atoms with van der Waals surface area (Å²) in [6.45, 7) is 3.41. The highest BCUT2D eigenvalue weighted by Crippen LogP contribution is 2.23. The van der Waals surface area contributed by atoms with Crippen molar-refractivity contribution in [2.24, 2.45) is 0 Å². The van der Waals surface area contributed by atoms with Gasteiger partial charge in [-0.2, -0.15) is 0 Å². The molecule has 0 saturated carbocycles. The Morgan fingerprint density at radius 2 is 1.85 bits per heavy atom. The zero-order chi connectivity index (χ0) is 19.1. The normalized spacial score (nSPS) is 11.8. The van der Waals surface area contributed by atoms with E-state index in [1.165, 1.54) is 6.08 Å². The fraction of sp³-hybridized carbons (Fsp3) is 0.200.